The van der Waals surface area contributed by atoms with E-state index in [-0.39, 0.29) is 11.8 Å². The molecule has 6 heteroatoms. The van der Waals surface area contributed by atoms with Gasteiger partial charge in [-0.05, 0) is 42.2 Å². The van der Waals surface area contributed by atoms with Gasteiger partial charge in [-0.25, -0.2) is 0 Å². The second-order valence-corrected chi connectivity index (χ2v) is 7.78. The predicted octanol–water partition coefficient (Wildman–Crippen LogP) is 3.62. The van der Waals surface area contributed by atoms with Gasteiger partial charge in [0, 0.05) is 43.3 Å². The van der Waals surface area contributed by atoms with E-state index in [9.17, 15) is 9.59 Å². The van der Waals surface area contributed by atoms with Crippen LogP contribution in [-0.4, -0.2) is 54.3 Å². The fourth-order valence-electron chi connectivity index (χ4n) is 3.60. The van der Waals surface area contributed by atoms with Gasteiger partial charge in [-0.3, -0.25) is 14.5 Å². The molecule has 0 saturated carbocycles. The lowest BCUT2D eigenvalue weighted by atomic mass is 10.1. The number of carbonyl (C=O) groups excluding carboxylic acids is 2. The van der Waals surface area contributed by atoms with Crippen LogP contribution >= 0.6 is 11.6 Å². The molecule has 2 aromatic rings. The number of nitrogens with zero attached hydrogens (tertiary/aromatic N) is 2. The SMILES string of the molecule is CCc1ccccc1NC(=O)CN1CCN(C(=O)CCc2cccc(Cl)c2)CC1. The third kappa shape index (κ3) is 6.31. The maximum Gasteiger partial charge on any atom is 0.238 e. The molecule has 0 unspecified atom stereocenters. The van der Waals surface area contributed by atoms with Gasteiger partial charge in [0.2, 0.25) is 11.8 Å². The number of halogens is 1. The maximum atomic E-state index is 12.5. The quantitative estimate of drug-likeness (QED) is 0.754. The molecule has 0 spiro atoms. The Bertz CT molecular complexity index is 848. The molecule has 0 atom stereocenters. The molecule has 2 aromatic carbocycles. The summed E-state index contributed by atoms with van der Waals surface area (Å²) in [6.07, 6.45) is 2.06. The average Bonchev–Trinajstić information content (AvgIpc) is 2.73. The Balaban J connectivity index is 1.41. The molecule has 5 nitrogen and oxygen atoms in total. The predicted molar refractivity (Wildman–Crippen MR) is 117 cm³/mol. The van der Waals surface area contributed by atoms with Crippen LogP contribution in [0.4, 0.5) is 5.69 Å². The van der Waals surface area contributed by atoms with Gasteiger partial charge in [0.25, 0.3) is 0 Å². The Morgan fingerprint density at radius 2 is 1.79 bits per heavy atom. The molecule has 1 fully saturated rings. The zero-order valence-corrected chi connectivity index (χ0v) is 17.6. The number of hydrogen-bond donors (Lipinski definition) is 1. The van der Waals surface area contributed by atoms with Gasteiger partial charge >= 0.3 is 0 Å². The monoisotopic (exact) mass is 413 g/mol. The smallest absolute Gasteiger partial charge is 0.238 e. The third-order valence-corrected chi connectivity index (χ3v) is 5.52. The van der Waals surface area contributed by atoms with E-state index in [0.29, 0.717) is 50.6 Å². The molecule has 1 heterocycles. The summed E-state index contributed by atoms with van der Waals surface area (Å²) >= 11 is 6.00. The lowest BCUT2D eigenvalue weighted by molar-refractivity contribution is -0.133. The number of carbonyl (C=O) groups is 2. The first-order valence-corrected chi connectivity index (χ1v) is 10.5. The molecule has 1 N–H and O–H groups in total. The van der Waals surface area contributed by atoms with Crippen molar-refractivity contribution in [2.45, 2.75) is 26.2 Å². The van der Waals surface area contributed by atoms with E-state index in [0.717, 1.165) is 23.2 Å². The Labute approximate surface area is 177 Å². The fraction of sp³-hybridized carbons (Fsp3) is 0.391. The van der Waals surface area contributed by atoms with Gasteiger partial charge < -0.3 is 10.2 Å². The number of piperazine rings is 1. The summed E-state index contributed by atoms with van der Waals surface area (Å²) in [7, 11) is 0. The first-order chi connectivity index (χ1) is 14.0. The molecule has 0 bridgehead atoms. The van der Waals surface area contributed by atoms with Crippen LogP contribution in [0.1, 0.15) is 24.5 Å². The highest BCUT2D eigenvalue weighted by Crippen LogP contribution is 2.16. The topological polar surface area (TPSA) is 52.7 Å². The molecular weight excluding hydrogens is 386 g/mol. The fourth-order valence-corrected chi connectivity index (χ4v) is 3.81. The number of para-hydroxylation sites is 1. The van der Waals surface area contributed by atoms with Crippen molar-refractivity contribution in [1.29, 1.82) is 0 Å². The van der Waals surface area contributed by atoms with E-state index in [1.54, 1.807) is 0 Å². The lowest BCUT2D eigenvalue weighted by Gasteiger charge is -2.34. The van der Waals surface area contributed by atoms with Crippen molar-refractivity contribution >= 4 is 29.1 Å². The molecule has 2 amide bonds. The van der Waals surface area contributed by atoms with Crippen molar-refractivity contribution in [3.63, 3.8) is 0 Å². The van der Waals surface area contributed by atoms with E-state index in [2.05, 4.69) is 17.1 Å². The van der Waals surface area contributed by atoms with Gasteiger partial charge in [-0.15, -0.1) is 0 Å². The van der Waals surface area contributed by atoms with E-state index >= 15 is 0 Å². The zero-order chi connectivity index (χ0) is 20.6. The Kier molecular flexibility index (Phi) is 7.67. The number of rotatable bonds is 7. The summed E-state index contributed by atoms with van der Waals surface area (Å²) in [5.41, 5.74) is 3.10. The zero-order valence-electron chi connectivity index (χ0n) is 16.9. The van der Waals surface area contributed by atoms with Crippen molar-refractivity contribution in [2.75, 3.05) is 38.0 Å². The first-order valence-electron chi connectivity index (χ1n) is 10.2. The summed E-state index contributed by atoms with van der Waals surface area (Å²) < 4.78 is 0. The van der Waals surface area contributed by atoms with Crippen molar-refractivity contribution < 1.29 is 9.59 Å². The lowest BCUT2D eigenvalue weighted by Crippen LogP contribution is -2.50. The molecule has 29 heavy (non-hydrogen) atoms. The van der Waals surface area contributed by atoms with Crippen molar-refractivity contribution in [3.05, 3.63) is 64.7 Å². The van der Waals surface area contributed by atoms with Crippen molar-refractivity contribution in [2.24, 2.45) is 0 Å². The van der Waals surface area contributed by atoms with Crippen molar-refractivity contribution in [1.82, 2.24) is 9.80 Å². The minimum atomic E-state index is -0.00775. The number of hydrogen-bond acceptors (Lipinski definition) is 3. The number of amides is 2. The van der Waals surface area contributed by atoms with Crippen LogP contribution in [0.5, 0.6) is 0 Å². The van der Waals surface area contributed by atoms with Gasteiger partial charge in [-0.1, -0.05) is 48.9 Å². The molecule has 1 aliphatic rings. The highest BCUT2D eigenvalue weighted by Gasteiger charge is 2.22. The summed E-state index contributed by atoms with van der Waals surface area (Å²) in [6, 6.07) is 15.5. The van der Waals surface area contributed by atoms with Crippen LogP contribution < -0.4 is 5.32 Å². The van der Waals surface area contributed by atoms with Crippen LogP contribution in [0, 0.1) is 0 Å². The number of anilines is 1. The Morgan fingerprint density at radius 1 is 1.03 bits per heavy atom. The normalized spacial score (nSPS) is 14.6. The van der Waals surface area contributed by atoms with Gasteiger partial charge in [-0.2, -0.15) is 0 Å². The maximum absolute atomic E-state index is 12.5. The molecule has 1 saturated heterocycles. The molecule has 3 rings (SSSR count). The van der Waals surface area contributed by atoms with Crippen LogP contribution in [-0.2, 0) is 22.4 Å². The van der Waals surface area contributed by atoms with E-state index in [4.69, 9.17) is 11.6 Å². The highest BCUT2D eigenvalue weighted by molar-refractivity contribution is 6.30. The van der Waals surface area contributed by atoms with Crippen LogP contribution in [0.3, 0.4) is 0 Å². The van der Waals surface area contributed by atoms with Crippen LogP contribution in [0.2, 0.25) is 5.02 Å². The largest absolute Gasteiger partial charge is 0.340 e. The molecule has 0 aromatic heterocycles. The minimum Gasteiger partial charge on any atom is -0.340 e. The average molecular weight is 414 g/mol. The molecule has 0 aliphatic carbocycles. The molecule has 154 valence electrons. The van der Waals surface area contributed by atoms with Crippen LogP contribution in [0.15, 0.2) is 48.5 Å². The first kappa shape index (κ1) is 21.3. The third-order valence-electron chi connectivity index (χ3n) is 5.28. The Hall–Kier alpha value is -2.37. The van der Waals surface area contributed by atoms with Crippen molar-refractivity contribution in [3.8, 4) is 0 Å². The summed E-state index contributed by atoms with van der Waals surface area (Å²) in [5, 5.41) is 3.71. The van der Waals surface area contributed by atoms with E-state index in [1.807, 2.05) is 53.4 Å². The van der Waals surface area contributed by atoms with Gasteiger partial charge in [0.1, 0.15) is 0 Å². The van der Waals surface area contributed by atoms with Crippen LogP contribution in [0.25, 0.3) is 0 Å². The standard InChI is InChI=1S/C23H28ClN3O2/c1-2-19-7-3-4-9-21(19)25-22(28)17-26-12-14-27(15-13-26)23(29)11-10-18-6-5-8-20(24)16-18/h3-9,16H,2,10-15,17H2,1H3,(H,25,28). The summed E-state index contributed by atoms with van der Waals surface area (Å²) in [6.45, 7) is 5.17. The summed E-state index contributed by atoms with van der Waals surface area (Å²) in [5.74, 6) is 0.151. The molecular formula is C23H28ClN3O2. The molecule has 0 radical (unpaired) electrons. The minimum absolute atomic E-state index is 0.00775. The van der Waals surface area contributed by atoms with E-state index < -0.39 is 0 Å². The second-order valence-electron chi connectivity index (χ2n) is 7.35. The highest BCUT2D eigenvalue weighted by atomic mass is 35.5. The summed E-state index contributed by atoms with van der Waals surface area (Å²) in [4.78, 5) is 28.9. The van der Waals surface area contributed by atoms with Gasteiger partial charge in [0.05, 0.1) is 6.54 Å². The second kappa shape index (κ2) is 10.4. The molecule has 1 aliphatic heterocycles. The van der Waals surface area contributed by atoms with E-state index in [1.165, 1.54) is 0 Å². The number of benzene rings is 2. The number of nitrogens with one attached hydrogen (secondary N) is 1. The Morgan fingerprint density at radius 3 is 2.52 bits per heavy atom. The van der Waals surface area contributed by atoms with Gasteiger partial charge in [0.15, 0.2) is 0 Å². The number of aryl methyl sites for hydroxylation is 2.